The van der Waals surface area contributed by atoms with Crippen molar-refractivity contribution in [3.63, 3.8) is 0 Å². The van der Waals surface area contributed by atoms with Crippen LogP contribution in [0.5, 0.6) is 5.75 Å². The Morgan fingerprint density at radius 3 is 2.65 bits per heavy atom. The van der Waals surface area contributed by atoms with Gasteiger partial charge in [0.2, 0.25) is 0 Å². The molecule has 0 aromatic carbocycles. The predicted octanol–water partition coefficient (Wildman–Crippen LogP) is 3.73. The third kappa shape index (κ3) is 3.63. The van der Waals surface area contributed by atoms with Gasteiger partial charge in [-0.25, -0.2) is 0 Å². The molecule has 2 aromatic heterocycles. The van der Waals surface area contributed by atoms with Crippen molar-refractivity contribution in [2.24, 2.45) is 12.5 Å². The van der Waals surface area contributed by atoms with Gasteiger partial charge in [-0.3, -0.25) is 14.6 Å². The Morgan fingerprint density at radius 2 is 1.96 bits per heavy atom. The summed E-state index contributed by atoms with van der Waals surface area (Å²) in [4.78, 5) is 6.73. The van der Waals surface area contributed by atoms with Crippen molar-refractivity contribution in [2.75, 3.05) is 13.2 Å². The van der Waals surface area contributed by atoms with E-state index in [-0.39, 0.29) is 0 Å². The lowest BCUT2D eigenvalue weighted by Gasteiger charge is -2.33. The van der Waals surface area contributed by atoms with E-state index in [0.717, 1.165) is 18.9 Å². The fraction of sp³-hybridized carbons (Fsp3) is 0.619. The zero-order valence-corrected chi connectivity index (χ0v) is 16.0. The van der Waals surface area contributed by atoms with Crippen molar-refractivity contribution >= 4 is 0 Å². The van der Waals surface area contributed by atoms with Crippen LogP contribution in [0.4, 0.5) is 0 Å². The number of aryl methyl sites for hydroxylation is 1. The Labute approximate surface area is 156 Å². The molecule has 140 valence electrons. The van der Waals surface area contributed by atoms with Gasteiger partial charge in [0, 0.05) is 49.8 Å². The highest BCUT2D eigenvalue weighted by Crippen LogP contribution is 2.46. The molecule has 26 heavy (non-hydrogen) atoms. The maximum Gasteiger partial charge on any atom is 0.122 e. The minimum atomic E-state index is 0.473. The molecule has 1 atom stereocenters. The topological polar surface area (TPSA) is 43.2 Å². The van der Waals surface area contributed by atoms with Gasteiger partial charge < -0.3 is 4.74 Å². The van der Waals surface area contributed by atoms with E-state index in [1.165, 1.54) is 56.3 Å². The van der Waals surface area contributed by atoms with Crippen LogP contribution in [0.1, 0.15) is 49.8 Å². The van der Waals surface area contributed by atoms with Crippen molar-refractivity contribution in [2.45, 2.75) is 58.0 Å². The summed E-state index contributed by atoms with van der Waals surface area (Å²) in [6, 6.07) is 4.36. The summed E-state index contributed by atoms with van der Waals surface area (Å²) in [5.74, 6) is 0.919. The van der Waals surface area contributed by atoms with Crippen LogP contribution in [-0.4, -0.2) is 38.9 Å². The van der Waals surface area contributed by atoms with Gasteiger partial charge in [0.25, 0.3) is 0 Å². The molecule has 0 N–H and O–H groups in total. The molecule has 3 heterocycles. The van der Waals surface area contributed by atoms with E-state index in [9.17, 15) is 0 Å². The average molecular weight is 354 g/mol. The smallest absolute Gasteiger partial charge is 0.122 e. The summed E-state index contributed by atoms with van der Waals surface area (Å²) in [5, 5.41) is 4.43. The van der Waals surface area contributed by atoms with E-state index in [4.69, 9.17) is 4.74 Å². The monoisotopic (exact) mass is 354 g/mol. The summed E-state index contributed by atoms with van der Waals surface area (Å²) >= 11 is 0. The minimum Gasteiger partial charge on any atom is -0.492 e. The van der Waals surface area contributed by atoms with Crippen LogP contribution in [-0.2, 0) is 13.6 Å². The minimum absolute atomic E-state index is 0.473. The van der Waals surface area contributed by atoms with E-state index in [2.05, 4.69) is 21.9 Å². The molecule has 2 aromatic rings. The Morgan fingerprint density at radius 1 is 1.19 bits per heavy atom. The Bertz CT molecular complexity index is 721. The molecule has 0 bridgehead atoms. The van der Waals surface area contributed by atoms with Crippen molar-refractivity contribution in [3.05, 3.63) is 42.0 Å². The van der Waals surface area contributed by atoms with Crippen LogP contribution in [0.3, 0.4) is 0 Å². The Kier molecular flexibility index (Phi) is 4.98. The van der Waals surface area contributed by atoms with Crippen LogP contribution >= 0.6 is 0 Å². The number of ether oxygens (including phenoxy) is 1. The van der Waals surface area contributed by atoms with Gasteiger partial charge in [0.15, 0.2) is 0 Å². The van der Waals surface area contributed by atoms with Crippen molar-refractivity contribution in [1.82, 2.24) is 19.7 Å². The van der Waals surface area contributed by atoms with Crippen molar-refractivity contribution < 1.29 is 4.74 Å². The van der Waals surface area contributed by atoms with Gasteiger partial charge in [-0.1, -0.05) is 19.3 Å². The van der Waals surface area contributed by atoms with Crippen LogP contribution in [0.15, 0.2) is 30.7 Å². The lowest BCUT2D eigenvalue weighted by Crippen LogP contribution is -2.34. The summed E-state index contributed by atoms with van der Waals surface area (Å²) in [7, 11) is 2.02. The van der Waals surface area contributed by atoms with E-state index >= 15 is 0 Å². The number of likely N-dealkylation sites (tertiary alicyclic amines) is 1. The van der Waals surface area contributed by atoms with E-state index < -0.39 is 0 Å². The Hall–Kier alpha value is -1.88. The van der Waals surface area contributed by atoms with E-state index in [0.29, 0.717) is 11.5 Å². The molecule has 5 heteroatoms. The highest BCUT2D eigenvalue weighted by atomic mass is 16.5. The lowest BCUT2D eigenvalue weighted by molar-refractivity contribution is 0.159. The van der Waals surface area contributed by atoms with Gasteiger partial charge in [-0.15, -0.1) is 0 Å². The standard InChI is InChI=1S/C21H30N4O/c1-17-18(13-23-24(17)2)14-25-16-21(8-4-3-5-9-21)12-19(25)15-26-20-6-10-22-11-7-20/h6-7,10-11,13,19H,3-5,8-9,12,14-16H2,1-2H3. The molecule has 4 rings (SSSR count). The number of nitrogens with zero attached hydrogens (tertiary/aromatic N) is 4. The Balaban J connectivity index is 1.49. The number of rotatable bonds is 5. The van der Waals surface area contributed by atoms with Gasteiger partial charge in [0.1, 0.15) is 12.4 Å². The van der Waals surface area contributed by atoms with Gasteiger partial charge in [0.05, 0.1) is 6.20 Å². The molecular formula is C21H30N4O. The van der Waals surface area contributed by atoms with E-state index in [1.807, 2.05) is 30.1 Å². The molecule has 1 saturated carbocycles. The average Bonchev–Trinajstić information content (AvgIpc) is 3.16. The first-order valence-corrected chi connectivity index (χ1v) is 9.90. The number of hydrogen-bond acceptors (Lipinski definition) is 4. The van der Waals surface area contributed by atoms with Gasteiger partial charge in [-0.2, -0.15) is 5.10 Å². The van der Waals surface area contributed by atoms with Crippen molar-refractivity contribution in [3.8, 4) is 5.75 Å². The highest BCUT2D eigenvalue weighted by Gasteiger charge is 2.44. The first-order valence-electron chi connectivity index (χ1n) is 9.90. The third-order valence-electron chi connectivity index (χ3n) is 6.44. The molecular weight excluding hydrogens is 324 g/mol. The molecule has 1 unspecified atom stereocenters. The molecule has 2 aliphatic rings. The molecule has 1 aliphatic heterocycles. The molecule has 1 saturated heterocycles. The number of pyridine rings is 1. The summed E-state index contributed by atoms with van der Waals surface area (Å²) in [6.45, 7) is 5.10. The number of hydrogen-bond donors (Lipinski definition) is 0. The zero-order chi connectivity index (χ0) is 18.0. The first kappa shape index (κ1) is 17.5. The second-order valence-electron chi connectivity index (χ2n) is 8.20. The van der Waals surface area contributed by atoms with Gasteiger partial charge in [-0.05, 0) is 43.7 Å². The summed E-state index contributed by atoms with van der Waals surface area (Å²) in [5.41, 5.74) is 3.11. The zero-order valence-electron chi connectivity index (χ0n) is 16.0. The lowest BCUT2D eigenvalue weighted by atomic mass is 9.73. The molecule has 2 fully saturated rings. The summed E-state index contributed by atoms with van der Waals surface area (Å²) in [6.07, 6.45) is 13.8. The molecule has 0 amide bonds. The predicted molar refractivity (Wildman–Crippen MR) is 102 cm³/mol. The third-order valence-corrected chi connectivity index (χ3v) is 6.44. The van der Waals surface area contributed by atoms with Crippen LogP contribution < -0.4 is 4.74 Å². The van der Waals surface area contributed by atoms with E-state index in [1.54, 1.807) is 12.4 Å². The normalized spacial score (nSPS) is 22.8. The highest BCUT2D eigenvalue weighted by molar-refractivity contribution is 5.18. The molecule has 1 spiro atoms. The van der Waals surface area contributed by atoms with Crippen molar-refractivity contribution in [1.29, 1.82) is 0 Å². The van der Waals surface area contributed by atoms with Crippen LogP contribution in [0.2, 0.25) is 0 Å². The second-order valence-corrected chi connectivity index (χ2v) is 8.20. The fourth-order valence-corrected chi connectivity index (χ4v) is 4.81. The summed E-state index contributed by atoms with van der Waals surface area (Å²) < 4.78 is 8.10. The van der Waals surface area contributed by atoms with Crippen LogP contribution in [0.25, 0.3) is 0 Å². The largest absolute Gasteiger partial charge is 0.492 e. The molecule has 0 radical (unpaired) electrons. The maximum atomic E-state index is 6.12. The SMILES string of the molecule is Cc1c(CN2CC3(CCCCC3)CC2COc2ccncc2)cnn1C. The molecule has 1 aliphatic carbocycles. The first-order chi connectivity index (χ1) is 12.7. The van der Waals surface area contributed by atoms with Crippen LogP contribution in [0, 0.1) is 12.3 Å². The maximum absolute atomic E-state index is 6.12. The second kappa shape index (κ2) is 7.39. The van der Waals surface area contributed by atoms with Gasteiger partial charge >= 0.3 is 0 Å². The quantitative estimate of drug-likeness (QED) is 0.821. The fourth-order valence-electron chi connectivity index (χ4n) is 4.81. The number of aromatic nitrogens is 3. The molecule has 5 nitrogen and oxygen atoms in total.